The van der Waals surface area contributed by atoms with E-state index in [4.69, 9.17) is 20.1 Å². The number of benzene rings is 2. The van der Waals surface area contributed by atoms with Gasteiger partial charge in [-0.15, -0.1) is 0 Å². The van der Waals surface area contributed by atoms with Gasteiger partial charge in [0.25, 0.3) is 0 Å². The Morgan fingerprint density at radius 1 is 0.833 bits per heavy atom. The average Bonchev–Trinajstić information content (AvgIpc) is 2.33. The van der Waals surface area contributed by atoms with E-state index >= 15 is 0 Å². The lowest BCUT2D eigenvalue weighted by Crippen LogP contribution is -1.89. The minimum atomic E-state index is 0.0880. The van der Waals surface area contributed by atoms with Crippen LogP contribution in [0.4, 0.5) is 0 Å². The number of hydrogen-bond donors (Lipinski definition) is 3. The monoisotopic (exact) mass is 248 g/mol. The van der Waals surface area contributed by atoms with Crippen LogP contribution in [0.15, 0.2) is 48.5 Å². The van der Waals surface area contributed by atoms with Gasteiger partial charge in [-0.1, -0.05) is 6.07 Å². The molecule has 0 bridgehead atoms. The van der Waals surface area contributed by atoms with Crippen LogP contribution in [0.3, 0.4) is 0 Å². The van der Waals surface area contributed by atoms with Crippen LogP contribution in [0.2, 0.25) is 0 Å². The maximum atomic E-state index is 8.87. The van der Waals surface area contributed by atoms with Crippen LogP contribution in [-0.2, 0) is 0 Å². The summed E-state index contributed by atoms with van der Waals surface area (Å²) in [6.07, 6.45) is 0. The Hall–Kier alpha value is -2.36. The van der Waals surface area contributed by atoms with Crippen molar-refractivity contribution in [3.05, 3.63) is 48.5 Å². The molecule has 0 aliphatic rings. The van der Waals surface area contributed by atoms with Crippen molar-refractivity contribution >= 4 is 0 Å². The summed E-state index contributed by atoms with van der Waals surface area (Å²) in [5, 5.41) is 26.2. The van der Waals surface area contributed by atoms with Gasteiger partial charge in [0.2, 0.25) is 0 Å². The number of rotatable bonds is 2. The first kappa shape index (κ1) is 13.7. The van der Waals surface area contributed by atoms with Crippen molar-refractivity contribution in [1.82, 2.24) is 0 Å². The van der Waals surface area contributed by atoms with Crippen molar-refractivity contribution in [1.29, 1.82) is 0 Å². The molecule has 0 saturated carbocycles. The first-order chi connectivity index (χ1) is 8.61. The summed E-state index contributed by atoms with van der Waals surface area (Å²) >= 11 is 0. The minimum Gasteiger partial charge on any atom is -0.508 e. The summed E-state index contributed by atoms with van der Waals surface area (Å²) in [4.78, 5) is 0. The third kappa shape index (κ3) is 5.12. The van der Waals surface area contributed by atoms with E-state index in [1.807, 2.05) is 6.92 Å². The molecule has 2 aromatic rings. The van der Waals surface area contributed by atoms with E-state index in [1.165, 1.54) is 18.2 Å². The molecule has 3 N–H and O–H groups in total. The van der Waals surface area contributed by atoms with Gasteiger partial charge in [-0.05, 0) is 43.3 Å². The molecule has 0 aliphatic heterocycles. The smallest absolute Gasteiger partial charge is 0.119 e. The summed E-state index contributed by atoms with van der Waals surface area (Å²) in [6.45, 7) is 2.58. The SMILES string of the molecule is CCOc1ccc(O)cc1.Oc1cccc(O)c1. The predicted octanol–water partition coefficient (Wildman–Crippen LogP) is 2.89. The van der Waals surface area contributed by atoms with Crippen molar-refractivity contribution in [3.8, 4) is 23.0 Å². The van der Waals surface area contributed by atoms with Crippen molar-refractivity contribution in [2.45, 2.75) is 6.92 Å². The number of aromatic hydroxyl groups is 3. The molecule has 2 aromatic carbocycles. The van der Waals surface area contributed by atoms with Gasteiger partial charge >= 0.3 is 0 Å². The zero-order valence-corrected chi connectivity index (χ0v) is 10.1. The second-order valence-electron chi connectivity index (χ2n) is 3.45. The Kier molecular flexibility index (Phi) is 5.38. The molecule has 0 amide bonds. The summed E-state index contributed by atoms with van der Waals surface area (Å²) < 4.78 is 5.15. The number of phenolic OH excluding ortho intramolecular Hbond substituents is 3. The Morgan fingerprint density at radius 2 is 1.39 bits per heavy atom. The Labute approximate surface area is 106 Å². The van der Waals surface area contributed by atoms with Gasteiger partial charge < -0.3 is 20.1 Å². The largest absolute Gasteiger partial charge is 0.508 e. The highest BCUT2D eigenvalue weighted by Crippen LogP contribution is 2.15. The molecule has 18 heavy (non-hydrogen) atoms. The van der Waals surface area contributed by atoms with E-state index < -0.39 is 0 Å². The van der Waals surface area contributed by atoms with E-state index in [-0.39, 0.29) is 17.2 Å². The fraction of sp³-hybridized carbons (Fsp3) is 0.143. The quantitative estimate of drug-likeness (QED) is 0.764. The van der Waals surface area contributed by atoms with Crippen LogP contribution in [-0.4, -0.2) is 21.9 Å². The molecule has 96 valence electrons. The van der Waals surface area contributed by atoms with Gasteiger partial charge in [-0.2, -0.15) is 0 Å². The van der Waals surface area contributed by atoms with Gasteiger partial charge in [-0.25, -0.2) is 0 Å². The lowest BCUT2D eigenvalue weighted by Gasteiger charge is -2.00. The van der Waals surface area contributed by atoms with Crippen LogP contribution < -0.4 is 4.74 Å². The number of hydrogen-bond acceptors (Lipinski definition) is 4. The molecule has 4 nitrogen and oxygen atoms in total. The Balaban J connectivity index is 0.000000184. The zero-order chi connectivity index (χ0) is 13.4. The minimum absolute atomic E-state index is 0.0880. The standard InChI is InChI=1S/C8H10O2.C6H6O2/c1-2-10-8-5-3-7(9)4-6-8;7-5-2-1-3-6(8)4-5/h3-6,9H,2H2,1H3;1-4,7-8H. The molecule has 0 heterocycles. The molecule has 4 heteroatoms. The molecular weight excluding hydrogens is 232 g/mol. The summed E-state index contributed by atoms with van der Waals surface area (Å²) in [6, 6.07) is 12.5. The maximum absolute atomic E-state index is 8.87. The van der Waals surface area contributed by atoms with Crippen LogP contribution in [0.25, 0.3) is 0 Å². The average molecular weight is 248 g/mol. The van der Waals surface area contributed by atoms with Crippen LogP contribution in [0, 0.1) is 0 Å². The third-order valence-corrected chi connectivity index (χ3v) is 1.98. The molecule has 0 fully saturated rings. The molecule has 0 atom stereocenters. The highest BCUT2D eigenvalue weighted by atomic mass is 16.5. The maximum Gasteiger partial charge on any atom is 0.119 e. The van der Waals surface area contributed by atoms with Crippen molar-refractivity contribution < 1.29 is 20.1 Å². The van der Waals surface area contributed by atoms with E-state index in [0.29, 0.717) is 6.61 Å². The fourth-order valence-electron chi connectivity index (χ4n) is 1.20. The molecule has 0 saturated heterocycles. The zero-order valence-electron chi connectivity index (χ0n) is 10.1. The normalized spacial score (nSPS) is 9.17. The topological polar surface area (TPSA) is 69.9 Å². The molecular formula is C14H16O4. The van der Waals surface area contributed by atoms with Crippen molar-refractivity contribution in [2.75, 3.05) is 6.61 Å². The molecule has 0 aliphatic carbocycles. The third-order valence-electron chi connectivity index (χ3n) is 1.98. The Morgan fingerprint density at radius 3 is 1.78 bits per heavy atom. The molecule has 2 rings (SSSR count). The molecule has 0 radical (unpaired) electrons. The van der Waals surface area contributed by atoms with Gasteiger partial charge in [0.1, 0.15) is 23.0 Å². The van der Waals surface area contributed by atoms with Crippen molar-refractivity contribution in [3.63, 3.8) is 0 Å². The summed E-state index contributed by atoms with van der Waals surface area (Å²) in [5.41, 5.74) is 0. The first-order valence-electron chi connectivity index (χ1n) is 5.51. The lowest BCUT2D eigenvalue weighted by atomic mass is 10.3. The van der Waals surface area contributed by atoms with Gasteiger partial charge in [0.15, 0.2) is 0 Å². The number of phenols is 3. The fourth-order valence-corrected chi connectivity index (χ4v) is 1.20. The van der Waals surface area contributed by atoms with E-state index in [0.717, 1.165) is 5.75 Å². The highest BCUT2D eigenvalue weighted by molar-refractivity contribution is 5.30. The molecule has 0 aromatic heterocycles. The second kappa shape index (κ2) is 7.06. The second-order valence-corrected chi connectivity index (χ2v) is 3.45. The van der Waals surface area contributed by atoms with Crippen molar-refractivity contribution in [2.24, 2.45) is 0 Å². The van der Waals surface area contributed by atoms with Crippen LogP contribution in [0.5, 0.6) is 23.0 Å². The van der Waals surface area contributed by atoms with E-state index in [2.05, 4.69) is 0 Å². The highest BCUT2D eigenvalue weighted by Gasteiger charge is 1.89. The first-order valence-corrected chi connectivity index (χ1v) is 5.51. The summed E-state index contributed by atoms with van der Waals surface area (Å²) in [5.74, 6) is 1.23. The molecule has 0 unspecified atom stereocenters. The van der Waals surface area contributed by atoms with Gasteiger partial charge in [0, 0.05) is 6.07 Å². The molecule has 0 spiro atoms. The predicted molar refractivity (Wildman–Crippen MR) is 69.0 cm³/mol. The number of ether oxygens (including phenoxy) is 1. The summed E-state index contributed by atoms with van der Waals surface area (Å²) in [7, 11) is 0. The van der Waals surface area contributed by atoms with Crippen LogP contribution in [0.1, 0.15) is 6.92 Å². The van der Waals surface area contributed by atoms with E-state index in [9.17, 15) is 0 Å². The van der Waals surface area contributed by atoms with E-state index in [1.54, 1.807) is 30.3 Å². The van der Waals surface area contributed by atoms with Gasteiger partial charge in [0.05, 0.1) is 6.61 Å². The lowest BCUT2D eigenvalue weighted by molar-refractivity contribution is 0.339. The van der Waals surface area contributed by atoms with Crippen LogP contribution >= 0.6 is 0 Å². The van der Waals surface area contributed by atoms with Gasteiger partial charge in [-0.3, -0.25) is 0 Å². The Bertz CT molecular complexity index is 448.